The maximum atomic E-state index is 13.3. The predicted molar refractivity (Wildman–Crippen MR) is 130 cm³/mol. The molecule has 0 radical (unpaired) electrons. The normalized spacial score (nSPS) is 22.6. The minimum Gasteiger partial charge on any atom is -0.481 e. The van der Waals surface area contributed by atoms with E-state index >= 15 is 0 Å². The third kappa shape index (κ3) is 3.78. The van der Waals surface area contributed by atoms with Crippen LogP contribution in [-0.2, 0) is 14.3 Å². The van der Waals surface area contributed by atoms with Crippen molar-refractivity contribution < 1.29 is 24.2 Å². The molecular weight excluding hydrogens is 464 g/mol. The lowest BCUT2D eigenvalue weighted by atomic mass is 9.98. The summed E-state index contributed by atoms with van der Waals surface area (Å²) in [6.45, 7) is 0.989. The molecule has 35 heavy (non-hydrogen) atoms. The fourth-order valence-electron chi connectivity index (χ4n) is 5.72. The lowest BCUT2D eigenvalue weighted by molar-refractivity contribution is -0.141. The quantitative estimate of drug-likeness (QED) is 0.544. The number of carboxylic acids is 1. The lowest BCUT2D eigenvalue weighted by Crippen LogP contribution is -2.43. The first-order chi connectivity index (χ1) is 17.0. The van der Waals surface area contributed by atoms with Crippen LogP contribution in [0.3, 0.4) is 0 Å². The summed E-state index contributed by atoms with van der Waals surface area (Å²) in [5.74, 6) is -1.42. The number of carbonyl (C=O) groups excluding carboxylic acids is 2. The third-order valence-electron chi connectivity index (χ3n) is 7.47. The Morgan fingerprint density at radius 2 is 1.60 bits per heavy atom. The van der Waals surface area contributed by atoms with E-state index in [0.29, 0.717) is 13.1 Å². The molecule has 2 aliphatic carbocycles. The highest BCUT2D eigenvalue weighted by Gasteiger charge is 2.61. The Balaban J connectivity index is 1.14. The Morgan fingerprint density at radius 1 is 0.971 bits per heavy atom. The van der Waals surface area contributed by atoms with Gasteiger partial charge in [0.1, 0.15) is 12.6 Å². The summed E-state index contributed by atoms with van der Waals surface area (Å²) in [5, 5.41) is 13.9. The molecule has 3 aliphatic rings. The van der Waals surface area contributed by atoms with E-state index in [4.69, 9.17) is 4.74 Å². The van der Waals surface area contributed by atoms with Gasteiger partial charge in [0, 0.05) is 23.9 Å². The van der Waals surface area contributed by atoms with Crippen LogP contribution in [0.5, 0.6) is 0 Å². The van der Waals surface area contributed by atoms with Crippen LogP contribution in [-0.4, -0.2) is 47.7 Å². The van der Waals surface area contributed by atoms with Crippen LogP contribution < -0.4 is 5.32 Å². The first kappa shape index (κ1) is 21.9. The van der Waals surface area contributed by atoms with Gasteiger partial charge in [-0.1, -0.05) is 54.6 Å². The Hall–Kier alpha value is -3.65. The smallest absolute Gasteiger partial charge is 0.408 e. The molecule has 3 aromatic rings. The molecule has 0 bridgehead atoms. The molecule has 8 heteroatoms. The Kier molecular flexibility index (Phi) is 5.33. The highest BCUT2D eigenvalue weighted by Crippen LogP contribution is 2.52. The van der Waals surface area contributed by atoms with Gasteiger partial charge in [-0.2, -0.15) is 0 Å². The van der Waals surface area contributed by atoms with Gasteiger partial charge in [-0.15, -0.1) is 11.3 Å². The van der Waals surface area contributed by atoms with Gasteiger partial charge in [-0.3, -0.25) is 9.59 Å². The van der Waals surface area contributed by atoms with Crippen molar-refractivity contribution in [3.63, 3.8) is 0 Å². The fourth-order valence-corrected chi connectivity index (χ4v) is 6.49. The molecule has 6 rings (SSSR count). The van der Waals surface area contributed by atoms with Gasteiger partial charge in [0.05, 0.1) is 5.92 Å². The standard InChI is InChI=1S/C27H24N2O5S/c30-25(29-12-19-20(13-29)23(19)26(31)32)24(22-10-5-11-35-22)28-27(33)34-14-21-17-8-3-1-6-15(17)16-7-2-4-9-18(16)21/h1-11,19-21,23-24H,12-14H2,(H,28,33)(H,31,32). The van der Waals surface area contributed by atoms with E-state index in [1.54, 1.807) is 4.90 Å². The number of fused-ring (bicyclic) bond motifs is 4. The average molecular weight is 489 g/mol. The number of hydrogen-bond donors (Lipinski definition) is 2. The minimum absolute atomic E-state index is 0.00916. The average Bonchev–Trinajstić information content (AvgIpc) is 3.29. The number of carboxylic acid groups (broad SMARTS) is 1. The van der Waals surface area contributed by atoms with E-state index in [1.165, 1.54) is 11.3 Å². The zero-order valence-electron chi connectivity index (χ0n) is 18.8. The molecule has 178 valence electrons. The van der Waals surface area contributed by atoms with Crippen molar-refractivity contribution in [1.82, 2.24) is 10.2 Å². The molecule has 2 heterocycles. The van der Waals surface area contributed by atoms with Crippen LogP contribution >= 0.6 is 11.3 Å². The molecule has 2 N–H and O–H groups in total. The number of piperidine rings is 1. The number of hydrogen-bond acceptors (Lipinski definition) is 5. The van der Waals surface area contributed by atoms with E-state index in [-0.39, 0.29) is 36.2 Å². The molecule has 1 aromatic heterocycles. The second-order valence-electron chi connectivity index (χ2n) is 9.35. The number of aliphatic carboxylic acids is 1. The topological polar surface area (TPSA) is 95.9 Å². The molecule has 1 saturated heterocycles. The molecule has 2 fully saturated rings. The number of alkyl carbamates (subject to hydrolysis) is 1. The molecule has 1 aliphatic heterocycles. The zero-order valence-corrected chi connectivity index (χ0v) is 19.6. The second-order valence-corrected chi connectivity index (χ2v) is 10.3. The summed E-state index contributed by atoms with van der Waals surface area (Å²) in [7, 11) is 0. The molecule has 2 amide bonds. The molecule has 1 saturated carbocycles. The van der Waals surface area contributed by atoms with Crippen molar-refractivity contribution in [3.8, 4) is 11.1 Å². The van der Waals surface area contributed by atoms with Gasteiger partial charge >= 0.3 is 12.1 Å². The Bertz CT molecular complexity index is 1250. The Labute approximate surface area is 206 Å². The monoisotopic (exact) mass is 488 g/mol. The van der Waals surface area contributed by atoms with Crippen LogP contribution in [0.15, 0.2) is 66.0 Å². The first-order valence-electron chi connectivity index (χ1n) is 11.7. The van der Waals surface area contributed by atoms with Crippen molar-refractivity contribution in [2.75, 3.05) is 19.7 Å². The predicted octanol–water partition coefficient (Wildman–Crippen LogP) is 4.12. The minimum atomic E-state index is -0.855. The van der Waals surface area contributed by atoms with Crippen molar-refractivity contribution >= 4 is 29.3 Å². The maximum absolute atomic E-state index is 13.3. The number of likely N-dealkylation sites (tertiary alicyclic amines) is 1. The number of carbonyl (C=O) groups is 3. The van der Waals surface area contributed by atoms with E-state index in [9.17, 15) is 19.5 Å². The summed E-state index contributed by atoms with van der Waals surface area (Å²) < 4.78 is 5.67. The summed E-state index contributed by atoms with van der Waals surface area (Å²) in [5.41, 5.74) is 4.54. The van der Waals surface area contributed by atoms with Gasteiger partial charge in [0.25, 0.3) is 5.91 Å². The van der Waals surface area contributed by atoms with E-state index in [0.717, 1.165) is 27.1 Å². The SMILES string of the molecule is O=C(NC(C(=O)N1CC2C(C1)C2C(=O)O)c1cccs1)OCC1c2ccccc2-c2ccccc21. The Morgan fingerprint density at radius 3 is 2.17 bits per heavy atom. The van der Waals surface area contributed by atoms with Crippen LogP contribution in [0.2, 0.25) is 0 Å². The second kappa shape index (κ2) is 8.53. The molecule has 2 aromatic carbocycles. The van der Waals surface area contributed by atoms with Gasteiger partial charge in [-0.05, 0) is 45.5 Å². The summed E-state index contributed by atoms with van der Waals surface area (Å²) >= 11 is 1.39. The maximum Gasteiger partial charge on any atom is 0.408 e. The van der Waals surface area contributed by atoms with Crippen molar-refractivity contribution in [1.29, 1.82) is 0 Å². The number of nitrogens with one attached hydrogen (secondary N) is 1. The van der Waals surface area contributed by atoms with E-state index < -0.39 is 18.1 Å². The van der Waals surface area contributed by atoms with Gasteiger partial charge in [-0.25, -0.2) is 4.79 Å². The summed E-state index contributed by atoms with van der Waals surface area (Å²) in [6.07, 6.45) is -0.647. The van der Waals surface area contributed by atoms with Gasteiger partial charge in [0.15, 0.2) is 0 Å². The van der Waals surface area contributed by atoms with Crippen molar-refractivity contribution in [2.24, 2.45) is 17.8 Å². The zero-order chi connectivity index (χ0) is 24.1. The fraction of sp³-hybridized carbons (Fsp3) is 0.296. The highest BCUT2D eigenvalue weighted by atomic mass is 32.1. The van der Waals surface area contributed by atoms with Crippen LogP contribution in [0.4, 0.5) is 4.79 Å². The number of nitrogens with zero attached hydrogens (tertiary/aromatic N) is 1. The molecule has 3 unspecified atom stereocenters. The number of ether oxygens (including phenoxy) is 1. The number of thiophene rings is 1. The van der Waals surface area contributed by atoms with E-state index in [1.807, 2.05) is 41.8 Å². The summed E-state index contributed by atoms with van der Waals surface area (Å²) in [6, 6.07) is 19.0. The van der Waals surface area contributed by atoms with Crippen LogP contribution in [0, 0.1) is 17.8 Å². The molecule has 7 nitrogen and oxygen atoms in total. The van der Waals surface area contributed by atoms with E-state index in [2.05, 4.69) is 29.6 Å². The molecule has 3 atom stereocenters. The molecule has 0 spiro atoms. The third-order valence-corrected chi connectivity index (χ3v) is 8.41. The van der Waals surface area contributed by atoms with Crippen LogP contribution in [0.25, 0.3) is 11.1 Å². The molecular formula is C27H24N2O5S. The lowest BCUT2D eigenvalue weighted by Gasteiger charge is -2.25. The first-order valence-corrected chi connectivity index (χ1v) is 12.6. The number of rotatable bonds is 6. The van der Waals surface area contributed by atoms with Crippen molar-refractivity contribution in [2.45, 2.75) is 12.0 Å². The van der Waals surface area contributed by atoms with Gasteiger partial charge in [0.2, 0.25) is 0 Å². The highest BCUT2D eigenvalue weighted by molar-refractivity contribution is 7.10. The largest absolute Gasteiger partial charge is 0.481 e. The number of amides is 2. The van der Waals surface area contributed by atoms with Gasteiger partial charge < -0.3 is 20.1 Å². The van der Waals surface area contributed by atoms with Crippen molar-refractivity contribution in [3.05, 3.63) is 82.0 Å². The number of benzene rings is 2. The summed E-state index contributed by atoms with van der Waals surface area (Å²) in [4.78, 5) is 39.9. The van der Waals surface area contributed by atoms with Crippen LogP contribution in [0.1, 0.15) is 28.0 Å².